The monoisotopic (exact) mass is 309 g/mol. The standard InChI is InChI=1S/C13H13BrFN3/c1-2-16-6-9-7-17-13(18-8-9)10-3-11(14)5-12(15)4-10/h3-5,7-8,16H,2,6H2,1H3. The van der Waals surface area contributed by atoms with E-state index in [1.807, 2.05) is 6.92 Å². The van der Waals surface area contributed by atoms with Crippen molar-refractivity contribution in [2.45, 2.75) is 13.5 Å². The number of rotatable bonds is 4. The third kappa shape index (κ3) is 3.34. The second kappa shape index (κ2) is 6.02. The summed E-state index contributed by atoms with van der Waals surface area (Å²) in [4.78, 5) is 8.49. The van der Waals surface area contributed by atoms with Crippen molar-refractivity contribution in [2.24, 2.45) is 0 Å². The highest BCUT2D eigenvalue weighted by molar-refractivity contribution is 9.10. The zero-order chi connectivity index (χ0) is 13.0. The number of aromatic nitrogens is 2. The van der Waals surface area contributed by atoms with Crippen molar-refractivity contribution < 1.29 is 4.39 Å². The van der Waals surface area contributed by atoms with Crippen LogP contribution in [0.2, 0.25) is 0 Å². The van der Waals surface area contributed by atoms with Crippen LogP contribution in [0.25, 0.3) is 11.4 Å². The van der Waals surface area contributed by atoms with Crippen LogP contribution in [0.15, 0.2) is 35.1 Å². The Hall–Kier alpha value is -1.33. The first-order valence-electron chi connectivity index (χ1n) is 5.67. The SMILES string of the molecule is CCNCc1cnc(-c2cc(F)cc(Br)c2)nc1. The van der Waals surface area contributed by atoms with Crippen LogP contribution in [-0.4, -0.2) is 16.5 Å². The summed E-state index contributed by atoms with van der Waals surface area (Å²) in [5.41, 5.74) is 1.67. The number of benzene rings is 1. The molecule has 0 aliphatic rings. The quantitative estimate of drug-likeness (QED) is 0.942. The molecule has 0 saturated carbocycles. The molecule has 1 aromatic carbocycles. The summed E-state index contributed by atoms with van der Waals surface area (Å²) < 4.78 is 13.9. The fourth-order valence-corrected chi connectivity index (χ4v) is 2.01. The van der Waals surface area contributed by atoms with Crippen LogP contribution in [0.1, 0.15) is 12.5 Å². The maximum Gasteiger partial charge on any atom is 0.159 e. The molecule has 2 aromatic rings. The maximum absolute atomic E-state index is 13.3. The Balaban J connectivity index is 2.23. The number of hydrogen-bond acceptors (Lipinski definition) is 3. The fourth-order valence-electron chi connectivity index (χ4n) is 1.55. The van der Waals surface area contributed by atoms with Crippen molar-refractivity contribution in [1.82, 2.24) is 15.3 Å². The molecule has 0 atom stereocenters. The molecule has 1 heterocycles. The van der Waals surface area contributed by atoms with Crippen LogP contribution in [0.5, 0.6) is 0 Å². The lowest BCUT2D eigenvalue weighted by atomic mass is 10.2. The van der Waals surface area contributed by atoms with E-state index >= 15 is 0 Å². The van der Waals surface area contributed by atoms with E-state index in [1.54, 1.807) is 18.5 Å². The first kappa shape index (κ1) is 13.1. The van der Waals surface area contributed by atoms with E-state index in [-0.39, 0.29) is 5.82 Å². The van der Waals surface area contributed by atoms with Crippen molar-refractivity contribution in [3.63, 3.8) is 0 Å². The predicted molar refractivity (Wildman–Crippen MR) is 72.5 cm³/mol. The van der Waals surface area contributed by atoms with Gasteiger partial charge in [-0.2, -0.15) is 0 Å². The zero-order valence-electron chi connectivity index (χ0n) is 9.95. The Morgan fingerprint density at radius 3 is 2.56 bits per heavy atom. The van der Waals surface area contributed by atoms with Gasteiger partial charge in [-0.3, -0.25) is 0 Å². The fraction of sp³-hybridized carbons (Fsp3) is 0.231. The molecule has 0 bridgehead atoms. The van der Waals surface area contributed by atoms with Gasteiger partial charge in [0.15, 0.2) is 5.82 Å². The third-order valence-corrected chi connectivity index (χ3v) is 2.86. The second-order valence-corrected chi connectivity index (χ2v) is 4.77. The molecule has 18 heavy (non-hydrogen) atoms. The highest BCUT2D eigenvalue weighted by Gasteiger charge is 2.04. The summed E-state index contributed by atoms with van der Waals surface area (Å²) >= 11 is 3.25. The average molecular weight is 310 g/mol. The van der Waals surface area contributed by atoms with Crippen molar-refractivity contribution in [3.05, 3.63) is 46.4 Å². The molecule has 2 rings (SSSR count). The lowest BCUT2D eigenvalue weighted by Crippen LogP contribution is -2.12. The van der Waals surface area contributed by atoms with Crippen LogP contribution in [0, 0.1) is 5.82 Å². The molecule has 0 spiro atoms. The molecule has 3 nitrogen and oxygen atoms in total. The van der Waals surface area contributed by atoms with Crippen molar-refractivity contribution >= 4 is 15.9 Å². The minimum Gasteiger partial charge on any atom is -0.313 e. The largest absolute Gasteiger partial charge is 0.313 e. The normalized spacial score (nSPS) is 10.6. The summed E-state index contributed by atoms with van der Waals surface area (Å²) in [6.45, 7) is 3.68. The van der Waals surface area contributed by atoms with E-state index in [0.29, 0.717) is 15.9 Å². The van der Waals surface area contributed by atoms with Gasteiger partial charge in [0.05, 0.1) is 0 Å². The van der Waals surface area contributed by atoms with Crippen LogP contribution < -0.4 is 5.32 Å². The molecule has 0 aliphatic carbocycles. The van der Waals surface area contributed by atoms with Gasteiger partial charge in [-0.05, 0) is 24.7 Å². The summed E-state index contributed by atoms with van der Waals surface area (Å²) in [7, 11) is 0. The van der Waals surface area contributed by atoms with Gasteiger partial charge in [-0.1, -0.05) is 22.9 Å². The van der Waals surface area contributed by atoms with Gasteiger partial charge < -0.3 is 5.32 Å². The van der Waals surface area contributed by atoms with E-state index in [2.05, 4.69) is 31.2 Å². The number of nitrogens with one attached hydrogen (secondary N) is 1. The van der Waals surface area contributed by atoms with E-state index in [4.69, 9.17) is 0 Å². The summed E-state index contributed by atoms with van der Waals surface area (Å²) in [5, 5.41) is 3.19. The van der Waals surface area contributed by atoms with Crippen molar-refractivity contribution in [3.8, 4) is 11.4 Å². The van der Waals surface area contributed by atoms with Gasteiger partial charge in [-0.15, -0.1) is 0 Å². The molecule has 0 saturated heterocycles. The van der Waals surface area contributed by atoms with Gasteiger partial charge in [-0.25, -0.2) is 14.4 Å². The molecule has 1 N–H and O–H groups in total. The molecule has 0 fully saturated rings. The van der Waals surface area contributed by atoms with Crippen LogP contribution >= 0.6 is 15.9 Å². The van der Waals surface area contributed by atoms with Gasteiger partial charge in [0.2, 0.25) is 0 Å². The second-order valence-electron chi connectivity index (χ2n) is 3.85. The van der Waals surface area contributed by atoms with Gasteiger partial charge in [0, 0.05) is 34.5 Å². The third-order valence-electron chi connectivity index (χ3n) is 2.41. The molecule has 0 amide bonds. The van der Waals surface area contributed by atoms with Gasteiger partial charge >= 0.3 is 0 Å². The Kier molecular flexibility index (Phi) is 4.38. The van der Waals surface area contributed by atoms with E-state index < -0.39 is 0 Å². The van der Waals surface area contributed by atoms with E-state index in [9.17, 15) is 4.39 Å². The van der Waals surface area contributed by atoms with Gasteiger partial charge in [0.1, 0.15) is 5.82 Å². The lowest BCUT2D eigenvalue weighted by molar-refractivity contribution is 0.627. The summed E-state index contributed by atoms with van der Waals surface area (Å²) in [6, 6.07) is 4.62. The first-order chi connectivity index (χ1) is 8.69. The van der Waals surface area contributed by atoms with E-state index in [1.165, 1.54) is 12.1 Å². The highest BCUT2D eigenvalue weighted by atomic mass is 79.9. The minimum absolute atomic E-state index is 0.306. The minimum atomic E-state index is -0.306. The molecule has 0 radical (unpaired) electrons. The number of nitrogens with zero attached hydrogens (tertiary/aromatic N) is 2. The topological polar surface area (TPSA) is 37.8 Å². The maximum atomic E-state index is 13.3. The Bertz CT molecular complexity index is 508. The average Bonchev–Trinajstić information content (AvgIpc) is 2.36. The Labute approximate surface area is 114 Å². The Morgan fingerprint density at radius 1 is 1.22 bits per heavy atom. The molecule has 0 aliphatic heterocycles. The van der Waals surface area contributed by atoms with Crippen molar-refractivity contribution in [2.75, 3.05) is 6.54 Å². The van der Waals surface area contributed by atoms with E-state index in [0.717, 1.165) is 18.7 Å². The molecule has 1 aromatic heterocycles. The van der Waals surface area contributed by atoms with Crippen LogP contribution in [-0.2, 0) is 6.54 Å². The number of hydrogen-bond donors (Lipinski definition) is 1. The summed E-state index contributed by atoms with van der Waals surface area (Å²) in [5.74, 6) is 0.218. The molecular weight excluding hydrogens is 297 g/mol. The molecule has 94 valence electrons. The van der Waals surface area contributed by atoms with Crippen LogP contribution in [0.4, 0.5) is 4.39 Å². The lowest BCUT2D eigenvalue weighted by Gasteiger charge is -2.04. The van der Waals surface area contributed by atoms with Gasteiger partial charge in [0.25, 0.3) is 0 Å². The first-order valence-corrected chi connectivity index (χ1v) is 6.46. The molecule has 5 heteroatoms. The smallest absolute Gasteiger partial charge is 0.159 e. The highest BCUT2D eigenvalue weighted by Crippen LogP contribution is 2.21. The number of halogens is 2. The summed E-state index contributed by atoms with van der Waals surface area (Å²) in [6.07, 6.45) is 3.51. The molecular formula is C13H13BrFN3. The Morgan fingerprint density at radius 2 is 1.94 bits per heavy atom. The predicted octanol–water partition coefficient (Wildman–Crippen LogP) is 3.15. The van der Waals surface area contributed by atoms with Crippen LogP contribution in [0.3, 0.4) is 0 Å². The molecule has 0 unspecified atom stereocenters. The zero-order valence-corrected chi connectivity index (χ0v) is 11.5. The van der Waals surface area contributed by atoms with Crippen molar-refractivity contribution in [1.29, 1.82) is 0 Å².